The van der Waals surface area contributed by atoms with Crippen molar-refractivity contribution in [3.8, 4) is 17.6 Å². The van der Waals surface area contributed by atoms with Gasteiger partial charge in [0.25, 0.3) is 0 Å². The molecule has 2 nitrogen and oxygen atoms in total. The van der Waals surface area contributed by atoms with Crippen LogP contribution in [0.3, 0.4) is 0 Å². The second-order valence-electron chi connectivity index (χ2n) is 4.30. The maximum Gasteiger partial charge on any atom is 0.146 e. The Hall–Kier alpha value is -2.50. The summed E-state index contributed by atoms with van der Waals surface area (Å²) in [7, 11) is 0. The molecule has 0 saturated heterocycles. The lowest BCUT2D eigenvalue weighted by Gasteiger charge is -2.10. The Labute approximate surface area is 121 Å². The van der Waals surface area contributed by atoms with E-state index in [1.807, 2.05) is 42.5 Å². The molecule has 96 valence electrons. The summed E-state index contributed by atoms with van der Waals surface area (Å²) >= 11 is 6.11. The van der Waals surface area contributed by atoms with Crippen LogP contribution in [-0.2, 0) is 0 Å². The molecule has 0 aliphatic rings. The van der Waals surface area contributed by atoms with E-state index in [4.69, 9.17) is 21.6 Å². The molecule has 0 aliphatic carbocycles. The molecular weight excluding hydrogens is 270 g/mol. The van der Waals surface area contributed by atoms with Crippen LogP contribution >= 0.6 is 11.6 Å². The molecule has 0 atom stereocenters. The molecule has 20 heavy (non-hydrogen) atoms. The molecule has 3 rings (SSSR count). The van der Waals surface area contributed by atoms with E-state index >= 15 is 0 Å². The fourth-order valence-corrected chi connectivity index (χ4v) is 2.28. The van der Waals surface area contributed by atoms with E-state index in [0.29, 0.717) is 22.1 Å². The first-order chi connectivity index (χ1) is 9.79. The molecule has 0 N–H and O–H groups in total. The molecule has 3 aromatic carbocycles. The quantitative estimate of drug-likeness (QED) is 0.649. The summed E-state index contributed by atoms with van der Waals surface area (Å²) in [5.74, 6) is 1.29. The van der Waals surface area contributed by atoms with E-state index in [0.717, 1.165) is 10.8 Å². The lowest BCUT2D eigenvalue weighted by Crippen LogP contribution is -1.88. The maximum absolute atomic E-state index is 9.15. The summed E-state index contributed by atoms with van der Waals surface area (Å²) in [5, 5.41) is 11.5. The highest BCUT2D eigenvalue weighted by atomic mass is 35.5. The van der Waals surface area contributed by atoms with Crippen LogP contribution in [0.5, 0.6) is 11.5 Å². The van der Waals surface area contributed by atoms with Gasteiger partial charge >= 0.3 is 0 Å². The second kappa shape index (κ2) is 5.24. The first-order valence-electron chi connectivity index (χ1n) is 6.14. The van der Waals surface area contributed by atoms with Gasteiger partial charge < -0.3 is 4.74 Å². The molecule has 0 bridgehead atoms. The third kappa shape index (κ3) is 2.20. The summed E-state index contributed by atoms with van der Waals surface area (Å²) in [6.45, 7) is 0. The third-order valence-corrected chi connectivity index (χ3v) is 3.37. The number of hydrogen-bond donors (Lipinski definition) is 0. The van der Waals surface area contributed by atoms with E-state index in [2.05, 4.69) is 6.07 Å². The van der Waals surface area contributed by atoms with E-state index in [1.54, 1.807) is 18.2 Å². The van der Waals surface area contributed by atoms with E-state index in [-0.39, 0.29) is 0 Å². The standard InChI is InChI=1S/C17H10ClNO/c18-15-7-3-4-8-17(15)20-16-10-9-12(11-19)13-5-1-2-6-14(13)16/h1-10H. The predicted octanol–water partition coefficient (Wildman–Crippen LogP) is 5.16. The fourth-order valence-electron chi connectivity index (χ4n) is 2.10. The highest BCUT2D eigenvalue weighted by molar-refractivity contribution is 6.32. The van der Waals surface area contributed by atoms with E-state index in [1.165, 1.54) is 0 Å². The van der Waals surface area contributed by atoms with Crippen LogP contribution in [0.15, 0.2) is 60.7 Å². The van der Waals surface area contributed by atoms with Gasteiger partial charge in [0.2, 0.25) is 0 Å². The fraction of sp³-hybridized carbons (Fsp3) is 0. The summed E-state index contributed by atoms with van der Waals surface area (Å²) in [5.41, 5.74) is 0.632. The number of nitrogens with zero attached hydrogens (tertiary/aromatic N) is 1. The Kier molecular flexibility index (Phi) is 3.28. The zero-order valence-corrected chi connectivity index (χ0v) is 11.3. The summed E-state index contributed by atoms with van der Waals surface area (Å²) in [4.78, 5) is 0. The third-order valence-electron chi connectivity index (χ3n) is 3.06. The maximum atomic E-state index is 9.15. The van der Waals surface area contributed by atoms with Gasteiger partial charge in [0.05, 0.1) is 16.7 Å². The average molecular weight is 280 g/mol. The van der Waals surface area contributed by atoms with Crippen molar-refractivity contribution in [2.75, 3.05) is 0 Å². The number of fused-ring (bicyclic) bond motifs is 1. The molecule has 0 amide bonds. The topological polar surface area (TPSA) is 33.0 Å². The molecule has 0 saturated carbocycles. The van der Waals surface area contributed by atoms with Crippen LogP contribution in [0, 0.1) is 11.3 Å². The van der Waals surface area contributed by atoms with Crippen molar-refractivity contribution in [2.24, 2.45) is 0 Å². The van der Waals surface area contributed by atoms with Gasteiger partial charge in [-0.1, -0.05) is 48.0 Å². The van der Waals surface area contributed by atoms with Gasteiger partial charge in [-0.15, -0.1) is 0 Å². The lowest BCUT2D eigenvalue weighted by atomic mass is 10.0. The van der Waals surface area contributed by atoms with Gasteiger partial charge in [0.15, 0.2) is 0 Å². The van der Waals surface area contributed by atoms with E-state index < -0.39 is 0 Å². The molecule has 0 spiro atoms. The number of ether oxygens (including phenoxy) is 1. The zero-order valence-electron chi connectivity index (χ0n) is 10.5. The minimum absolute atomic E-state index is 0.556. The monoisotopic (exact) mass is 279 g/mol. The normalized spacial score (nSPS) is 10.2. The van der Waals surface area contributed by atoms with Crippen molar-refractivity contribution in [2.45, 2.75) is 0 Å². The Morgan fingerprint density at radius 3 is 2.25 bits per heavy atom. The number of benzene rings is 3. The molecular formula is C17H10ClNO. The Balaban J connectivity index is 2.14. The molecule has 0 heterocycles. The average Bonchev–Trinajstić information content (AvgIpc) is 2.50. The van der Waals surface area contributed by atoms with Crippen molar-refractivity contribution < 1.29 is 4.74 Å². The van der Waals surface area contributed by atoms with Crippen LogP contribution in [0.4, 0.5) is 0 Å². The first-order valence-corrected chi connectivity index (χ1v) is 6.51. The molecule has 0 unspecified atom stereocenters. The van der Waals surface area contributed by atoms with Gasteiger partial charge in [0.1, 0.15) is 11.5 Å². The molecule has 0 fully saturated rings. The van der Waals surface area contributed by atoms with Gasteiger partial charge in [0, 0.05) is 10.8 Å². The smallest absolute Gasteiger partial charge is 0.146 e. The van der Waals surface area contributed by atoms with Gasteiger partial charge in [-0.05, 0) is 24.3 Å². The highest BCUT2D eigenvalue weighted by Crippen LogP contribution is 2.34. The molecule has 0 aliphatic heterocycles. The summed E-state index contributed by atoms with van der Waals surface area (Å²) in [6, 6.07) is 20.7. The Morgan fingerprint density at radius 1 is 0.800 bits per heavy atom. The molecule has 3 aromatic rings. The molecule has 0 aromatic heterocycles. The second-order valence-corrected chi connectivity index (χ2v) is 4.71. The predicted molar refractivity (Wildman–Crippen MR) is 80.2 cm³/mol. The lowest BCUT2D eigenvalue weighted by molar-refractivity contribution is 0.488. The number of nitriles is 1. The van der Waals surface area contributed by atoms with E-state index in [9.17, 15) is 0 Å². The number of rotatable bonds is 2. The zero-order chi connectivity index (χ0) is 13.9. The van der Waals surface area contributed by atoms with Crippen LogP contribution in [-0.4, -0.2) is 0 Å². The summed E-state index contributed by atoms with van der Waals surface area (Å²) < 4.78 is 5.88. The number of para-hydroxylation sites is 1. The van der Waals surface area contributed by atoms with Crippen molar-refractivity contribution in [1.82, 2.24) is 0 Å². The van der Waals surface area contributed by atoms with Crippen LogP contribution < -0.4 is 4.74 Å². The van der Waals surface area contributed by atoms with Crippen molar-refractivity contribution in [3.05, 3.63) is 71.2 Å². The van der Waals surface area contributed by atoms with Crippen LogP contribution in [0.2, 0.25) is 5.02 Å². The summed E-state index contributed by atoms with van der Waals surface area (Å²) in [6.07, 6.45) is 0. The first kappa shape index (κ1) is 12.5. The van der Waals surface area contributed by atoms with Gasteiger partial charge in [-0.3, -0.25) is 0 Å². The van der Waals surface area contributed by atoms with Crippen LogP contribution in [0.25, 0.3) is 10.8 Å². The van der Waals surface area contributed by atoms with Crippen molar-refractivity contribution in [3.63, 3.8) is 0 Å². The largest absolute Gasteiger partial charge is 0.455 e. The van der Waals surface area contributed by atoms with Crippen LogP contribution in [0.1, 0.15) is 5.56 Å². The van der Waals surface area contributed by atoms with Crippen molar-refractivity contribution in [1.29, 1.82) is 5.26 Å². The number of hydrogen-bond acceptors (Lipinski definition) is 2. The Bertz CT molecular complexity index is 821. The van der Waals surface area contributed by atoms with Gasteiger partial charge in [-0.2, -0.15) is 5.26 Å². The molecule has 0 radical (unpaired) electrons. The molecule has 3 heteroatoms. The number of halogens is 1. The highest BCUT2D eigenvalue weighted by Gasteiger charge is 2.08. The van der Waals surface area contributed by atoms with Gasteiger partial charge in [-0.25, -0.2) is 0 Å². The SMILES string of the molecule is N#Cc1ccc(Oc2ccccc2Cl)c2ccccc12. The minimum Gasteiger partial charge on any atom is -0.455 e. The van der Waals surface area contributed by atoms with Crippen molar-refractivity contribution >= 4 is 22.4 Å². The Morgan fingerprint density at radius 2 is 1.50 bits per heavy atom. The minimum atomic E-state index is 0.556.